The molecule has 0 saturated carbocycles. The van der Waals surface area contributed by atoms with Crippen LogP contribution in [0.3, 0.4) is 0 Å². The van der Waals surface area contributed by atoms with Crippen LogP contribution in [-0.2, 0) is 6.42 Å². The smallest absolute Gasteiger partial charge is 0.253 e. The summed E-state index contributed by atoms with van der Waals surface area (Å²) in [6, 6.07) is 13.0. The van der Waals surface area contributed by atoms with Crippen LogP contribution in [0.1, 0.15) is 37.3 Å². The molecule has 180 valence electrons. The van der Waals surface area contributed by atoms with Gasteiger partial charge in [0.05, 0.1) is 17.3 Å². The van der Waals surface area contributed by atoms with Crippen molar-refractivity contribution < 1.29 is 14.3 Å². The Bertz CT molecular complexity index is 1350. The molecule has 3 heterocycles. The van der Waals surface area contributed by atoms with Gasteiger partial charge in [0, 0.05) is 54.0 Å². The summed E-state index contributed by atoms with van der Waals surface area (Å²) in [5.41, 5.74) is 3.94. The van der Waals surface area contributed by atoms with Gasteiger partial charge in [0.25, 0.3) is 11.8 Å². The Labute approximate surface area is 212 Å². The van der Waals surface area contributed by atoms with E-state index >= 15 is 0 Å². The number of rotatable bonds is 4. The molecule has 2 aliphatic rings. The standard InChI is InChI=1S/C25H24ClN5O3S/c1-27-24(32)15-4-6-17-20(11-15)34-9-8-14-12-21(35-22(14)17)23-28-13-29-31(23)19-7-5-16(10-18(19)26)25(33)30(2)3/h4-7,10-13,23H,8-9H2,1-3H3,(H,27,32)(H,28,29). The van der Waals surface area contributed by atoms with E-state index in [0.29, 0.717) is 34.2 Å². The first-order chi connectivity index (χ1) is 16.9. The maximum Gasteiger partial charge on any atom is 0.253 e. The van der Waals surface area contributed by atoms with Gasteiger partial charge in [0.1, 0.15) is 12.1 Å². The first-order valence-corrected chi connectivity index (χ1v) is 12.3. The lowest BCUT2D eigenvalue weighted by Crippen LogP contribution is -2.27. The van der Waals surface area contributed by atoms with E-state index in [-0.39, 0.29) is 18.0 Å². The van der Waals surface area contributed by atoms with E-state index in [9.17, 15) is 9.59 Å². The Balaban J connectivity index is 1.48. The number of ether oxygens (including phenoxy) is 1. The number of carbonyl (C=O) groups is 2. The highest BCUT2D eigenvalue weighted by Gasteiger charge is 2.30. The summed E-state index contributed by atoms with van der Waals surface area (Å²) in [7, 11) is 5.03. The highest BCUT2D eigenvalue weighted by Crippen LogP contribution is 2.44. The zero-order valence-corrected chi connectivity index (χ0v) is 21.0. The summed E-state index contributed by atoms with van der Waals surface area (Å²) >= 11 is 8.25. The third-order valence-corrected chi connectivity index (χ3v) is 7.51. The normalized spacial score (nSPS) is 16.0. The van der Waals surface area contributed by atoms with Crippen LogP contribution in [0.4, 0.5) is 5.69 Å². The van der Waals surface area contributed by atoms with Crippen LogP contribution in [0.2, 0.25) is 5.02 Å². The molecule has 3 aromatic rings. The number of hydrogen-bond donors (Lipinski definition) is 2. The number of halogens is 1. The molecule has 1 unspecified atom stereocenters. The molecule has 0 saturated heterocycles. The highest BCUT2D eigenvalue weighted by atomic mass is 35.5. The minimum Gasteiger partial charge on any atom is -0.493 e. The molecular weight excluding hydrogens is 486 g/mol. The quantitative estimate of drug-likeness (QED) is 0.552. The Morgan fingerprint density at radius 2 is 2.00 bits per heavy atom. The maximum atomic E-state index is 12.3. The molecule has 0 radical (unpaired) electrons. The van der Waals surface area contributed by atoms with E-state index in [0.717, 1.165) is 21.7 Å². The predicted octanol–water partition coefficient (Wildman–Crippen LogP) is 4.12. The molecule has 2 N–H and O–H groups in total. The number of benzene rings is 2. The lowest BCUT2D eigenvalue weighted by molar-refractivity contribution is 0.0827. The van der Waals surface area contributed by atoms with Gasteiger partial charge in [0.15, 0.2) is 6.17 Å². The first-order valence-electron chi connectivity index (χ1n) is 11.1. The molecule has 8 nitrogen and oxygen atoms in total. The van der Waals surface area contributed by atoms with Crippen molar-refractivity contribution in [2.24, 2.45) is 5.10 Å². The van der Waals surface area contributed by atoms with E-state index < -0.39 is 0 Å². The Morgan fingerprint density at radius 3 is 2.74 bits per heavy atom. The van der Waals surface area contributed by atoms with Crippen LogP contribution in [-0.4, -0.2) is 50.8 Å². The molecule has 0 aliphatic carbocycles. The largest absolute Gasteiger partial charge is 0.493 e. The SMILES string of the molecule is CNC(=O)c1ccc2c(c1)OCCc1cc(C3NC=NN3c3ccc(C(=O)N(C)C)cc3Cl)sc1-2. The number of anilines is 1. The molecule has 35 heavy (non-hydrogen) atoms. The van der Waals surface area contributed by atoms with Crippen LogP contribution >= 0.6 is 22.9 Å². The van der Waals surface area contributed by atoms with Gasteiger partial charge in [-0.05, 0) is 48.0 Å². The Hall–Kier alpha value is -3.56. The van der Waals surface area contributed by atoms with Crippen LogP contribution in [0.5, 0.6) is 5.75 Å². The predicted molar refractivity (Wildman–Crippen MR) is 139 cm³/mol. The summed E-state index contributed by atoms with van der Waals surface area (Å²) in [5, 5.41) is 12.7. The van der Waals surface area contributed by atoms with Crippen LogP contribution < -0.4 is 20.4 Å². The van der Waals surface area contributed by atoms with Crippen molar-refractivity contribution in [3.63, 3.8) is 0 Å². The summed E-state index contributed by atoms with van der Waals surface area (Å²) < 4.78 is 5.97. The zero-order chi connectivity index (χ0) is 24.7. The van der Waals surface area contributed by atoms with Gasteiger partial charge in [0.2, 0.25) is 0 Å². The Morgan fingerprint density at radius 1 is 1.20 bits per heavy atom. The maximum absolute atomic E-state index is 12.3. The molecule has 0 spiro atoms. The number of nitrogens with zero attached hydrogens (tertiary/aromatic N) is 3. The fourth-order valence-corrected chi connectivity index (χ4v) is 5.73. The summed E-state index contributed by atoms with van der Waals surface area (Å²) in [6.07, 6.45) is 2.16. The van der Waals surface area contributed by atoms with Crippen LogP contribution in [0, 0.1) is 0 Å². The number of amides is 2. The second-order valence-corrected chi connectivity index (χ2v) is 9.91. The molecular formula is C25H24ClN5O3S. The van der Waals surface area contributed by atoms with E-state index in [1.54, 1.807) is 57.0 Å². The van der Waals surface area contributed by atoms with Gasteiger partial charge in [-0.1, -0.05) is 11.6 Å². The monoisotopic (exact) mass is 509 g/mol. The van der Waals surface area contributed by atoms with Gasteiger partial charge in [-0.3, -0.25) is 9.59 Å². The molecule has 2 amide bonds. The average Bonchev–Trinajstić information content (AvgIpc) is 3.46. The van der Waals surface area contributed by atoms with Gasteiger partial charge in [-0.25, -0.2) is 5.01 Å². The van der Waals surface area contributed by atoms with Gasteiger partial charge in [-0.15, -0.1) is 11.3 Å². The molecule has 1 aromatic heterocycles. The van der Waals surface area contributed by atoms with Crippen molar-refractivity contribution in [2.45, 2.75) is 12.6 Å². The molecule has 2 aliphatic heterocycles. The zero-order valence-electron chi connectivity index (χ0n) is 19.5. The van der Waals surface area contributed by atoms with Crippen molar-refractivity contribution in [1.29, 1.82) is 0 Å². The summed E-state index contributed by atoms with van der Waals surface area (Å²) in [6.45, 7) is 0.527. The Kier molecular flexibility index (Phi) is 6.12. The minimum atomic E-state index is -0.241. The second kappa shape index (κ2) is 9.24. The van der Waals surface area contributed by atoms with Crippen molar-refractivity contribution in [2.75, 3.05) is 32.8 Å². The summed E-state index contributed by atoms with van der Waals surface area (Å²) in [4.78, 5) is 28.1. The lowest BCUT2D eigenvalue weighted by atomic mass is 10.0. The van der Waals surface area contributed by atoms with Gasteiger partial charge in [-0.2, -0.15) is 5.10 Å². The number of nitrogens with one attached hydrogen (secondary N) is 2. The topological polar surface area (TPSA) is 86.3 Å². The third kappa shape index (κ3) is 4.21. The molecule has 2 aromatic carbocycles. The van der Waals surface area contributed by atoms with E-state index in [1.807, 2.05) is 23.2 Å². The van der Waals surface area contributed by atoms with Crippen LogP contribution in [0.15, 0.2) is 47.6 Å². The second-order valence-electron chi connectivity index (χ2n) is 8.42. The number of carbonyl (C=O) groups excluding carboxylic acids is 2. The molecule has 0 bridgehead atoms. The van der Waals surface area contributed by atoms with Crippen LogP contribution in [0.25, 0.3) is 10.4 Å². The third-order valence-electron chi connectivity index (χ3n) is 5.95. The molecule has 5 rings (SSSR count). The van der Waals surface area contributed by atoms with Gasteiger partial charge >= 0.3 is 0 Å². The first kappa shape index (κ1) is 23.2. The lowest BCUT2D eigenvalue weighted by Gasteiger charge is -2.24. The van der Waals surface area contributed by atoms with Crippen molar-refractivity contribution in [3.05, 3.63) is 69.1 Å². The molecule has 1 atom stereocenters. The number of thiophene rings is 1. The molecule has 0 fully saturated rings. The van der Waals surface area contributed by atoms with E-state index in [1.165, 1.54) is 10.5 Å². The fraction of sp³-hybridized carbons (Fsp3) is 0.240. The van der Waals surface area contributed by atoms with E-state index in [2.05, 4.69) is 21.8 Å². The van der Waals surface area contributed by atoms with Crippen molar-refractivity contribution in [1.82, 2.24) is 15.5 Å². The van der Waals surface area contributed by atoms with Crippen molar-refractivity contribution in [3.8, 4) is 16.2 Å². The minimum absolute atomic E-state index is 0.111. The number of hydrazone groups is 1. The number of fused-ring (bicyclic) bond motifs is 3. The fourth-order valence-electron chi connectivity index (χ4n) is 4.18. The summed E-state index contributed by atoms with van der Waals surface area (Å²) in [5.74, 6) is 0.446. The molecule has 10 heteroatoms. The number of hydrogen-bond acceptors (Lipinski definition) is 7. The highest BCUT2D eigenvalue weighted by molar-refractivity contribution is 7.15. The van der Waals surface area contributed by atoms with Gasteiger partial charge < -0.3 is 20.3 Å². The van der Waals surface area contributed by atoms with Crippen molar-refractivity contribution >= 4 is 46.8 Å². The van der Waals surface area contributed by atoms with E-state index in [4.69, 9.17) is 16.3 Å². The average molecular weight is 510 g/mol.